The van der Waals surface area contributed by atoms with Gasteiger partial charge < -0.3 is 19.5 Å². The van der Waals surface area contributed by atoms with E-state index in [2.05, 4.69) is 0 Å². The fourth-order valence-corrected chi connectivity index (χ4v) is 5.03. The lowest BCUT2D eigenvalue weighted by atomic mass is 9.88. The molecule has 41 heavy (non-hydrogen) atoms. The van der Waals surface area contributed by atoms with E-state index >= 15 is 0 Å². The number of ether oxygens (including phenoxy) is 1. The SMILES string of the molecule is COCCn1cc(C(=O)N2CCC(c3cc(CNC(=O)C(F)(F)F)ccc3F)CC2)c2c(C(F)(F)F)ccc(F)c21. The topological polar surface area (TPSA) is 63.6 Å². The zero-order valence-corrected chi connectivity index (χ0v) is 21.6. The summed E-state index contributed by atoms with van der Waals surface area (Å²) in [7, 11) is 1.37. The number of likely N-dealkylation sites (tertiary alicyclic amines) is 1. The van der Waals surface area contributed by atoms with Gasteiger partial charge in [-0.2, -0.15) is 26.3 Å². The van der Waals surface area contributed by atoms with Crippen molar-refractivity contribution in [3.8, 4) is 0 Å². The first-order valence-electron chi connectivity index (χ1n) is 12.5. The highest BCUT2D eigenvalue weighted by Gasteiger charge is 2.39. The molecule has 1 aliphatic heterocycles. The molecule has 6 nitrogen and oxygen atoms in total. The monoisotopic (exact) mass is 591 g/mol. The summed E-state index contributed by atoms with van der Waals surface area (Å²) in [4.78, 5) is 25.9. The van der Waals surface area contributed by atoms with E-state index in [-0.39, 0.29) is 61.3 Å². The number of methoxy groups -OCH3 is 1. The molecule has 3 aromatic rings. The molecule has 0 spiro atoms. The molecule has 0 radical (unpaired) electrons. The van der Waals surface area contributed by atoms with Crippen molar-refractivity contribution in [3.05, 3.63) is 70.4 Å². The fraction of sp³-hybridized carbons (Fsp3) is 0.407. The molecule has 1 N–H and O–H groups in total. The number of nitrogens with one attached hydrogen (secondary N) is 1. The average Bonchev–Trinajstić information content (AvgIpc) is 3.30. The number of rotatable bonds is 7. The van der Waals surface area contributed by atoms with E-state index in [1.807, 2.05) is 0 Å². The third kappa shape index (κ3) is 6.47. The standard InChI is InChI=1S/C27H25F8N3O3/c1-41-11-10-38-14-18(22-19(26(30,31)32)3-5-21(29)23(22)38)24(39)37-8-6-16(7-9-37)17-12-15(2-4-20(17)28)13-36-25(40)27(33,34)35/h2-5,12,14,16H,6-11,13H2,1H3,(H,36,40). The number of alkyl halides is 6. The summed E-state index contributed by atoms with van der Waals surface area (Å²) in [5.74, 6) is -4.86. The first kappa shape index (κ1) is 30.3. The van der Waals surface area contributed by atoms with E-state index in [9.17, 15) is 44.7 Å². The molecule has 2 heterocycles. The van der Waals surface area contributed by atoms with Crippen LogP contribution in [0.1, 0.15) is 45.8 Å². The van der Waals surface area contributed by atoms with Crippen molar-refractivity contribution in [2.45, 2.75) is 44.2 Å². The first-order chi connectivity index (χ1) is 19.2. The van der Waals surface area contributed by atoms with E-state index in [0.717, 1.165) is 6.07 Å². The zero-order valence-electron chi connectivity index (χ0n) is 21.6. The highest BCUT2D eigenvalue weighted by molar-refractivity contribution is 6.08. The maximum absolute atomic E-state index is 14.8. The highest BCUT2D eigenvalue weighted by atomic mass is 19.4. The van der Waals surface area contributed by atoms with E-state index in [0.29, 0.717) is 12.1 Å². The molecule has 1 aliphatic rings. The number of benzene rings is 2. The molecule has 0 saturated carbocycles. The Labute approximate surface area is 228 Å². The minimum absolute atomic E-state index is 0.000370. The van der Waals surface area contributed by atoms with Crippen LogP contribution in [0.2, 0.25) is 0 Å². The van der Waals surface area contributed by atoms with Crippen LogP contribution in [0.4, 0.5) is 35.1 Å². The molecule has 2 amide bonds. The van der Waals surface area contributed by atoms with Crippen molar-refractivity contribution >= 4 is 22.7 Å². The summed E-state index contributed by atoms with van der Waals surface area (Å²) in [5, 5.41) is 1.17. The number of hydrogen-bond acceptors (Lipinski definition) is 3. The quantitative estimate of drug-likeness (QED) is 0.355. The Morgan fingerprint density at radius 1 is 1.00 bits per heavy atom. The van der Waals surface area contributed by atoms with E-state index in [1.165, 1.54) is 34.9 Å². The average molecular weight is 591 g/mol. The van der Waals surface area contributed by atoms with Gasteiger partial charge in [-0.25, -0.2) is 8.78 Å². The van der Waals surface area contributed by atoms with Crippen molar-refractivity contribution in [2.24, 2.45) is 0 Å². The summed E-state index contributed by atoms with van der Waals surface area (Å²) < 4.78 is 115. The second-order valence-corrected chi connectivity index (χ2v) is 9.65. The molecule has 2 aromatic carbocycles. The zero-order chi connectivity index (χ0) is 30.1. The van der Waals surface area contributed by atoms with E-state index in [1.54, 1.807) is 5.32 Å². The number of nitrogens with zero attached hydrogens (tertiary/aromatic N) is 2. The van der Waals surface area contributed by atoms with Gasteiger partial charge in [-0.05, 0) is 48.1 Å². The Morgan fingerprint density at radius 3 is 2.27 bits per heavy atom. The largest absolute Gasteiger partial charge is 0.471 e. The minimum atomic E-state index is -5.06. The van der Waals surface area contributed by atoms with Crippen molar-refractivity contribution in [1.82, 2.24) is 14.8 Å². The van der Waals surface area contributed by atoms with Gasteiger partial charge in [0.2, 0.25) is 0 Å². The Hall–Kier alpha value is -3.68. The second kappa shape index (κ2) is 11.7. The normalized spacial score (nSPS) is 15.0. The number of piperidine rings is 1. The van der Waals surface area contributed by atoms with Gasteiger partial charge >= 0.3 is 18.3 Å². The molecular weight excluding hydrogens is 566 g/mol. The van der Waals surface area contributed by atoms with Crippen LogP contribution in [0.3, 0.4) is 0 Å². The molecule has 1 saturated heterocycles. The van der Waals surface area contributed by atoms with E-state index in [4.69, 9.17) is 4.74 Å². The molecule has 222 valence electrons. The van der Waals surface area contributed by atoms with Crippen LogP contribution >= 0.6 is 0 Å². The summed E-state index contributed by atoms with van der Waals surface area (Å²) >= 11 is 0. The molecule has 0 bridgehead atoms. The van der Waals surface area contributed by atoms with E-state index < -0.39 is 59.2 Å². The Balaban J connectivity index is 1.56. The third-order valence-electron chi connectivity index (χ3n) is 7.04. The predicted octanol–water partition coefficient (Wildman–Crippen LogP) is 5.78. The Kier molecular flexibility index (Phi) is 8.62. The number of amides is 2. The number of carbonyl (C=O) groups excluding carboxylic acids is 2. The molecular formula is C27H25F8N3O3. The molecule has 0 aliphatic carbocycles. The molecule has 14 heteroatoms. The number of carbonyl (C=O) groups is 2. The van der Waals surface area contributed by atoms with Crippen LogP contribution in [0.5, 0.6) is 0 Å². The van der Waals surface area contributed by atoms with Crippen LogP contribution in [-0.2, 0) is 28.8 Å². The predicted molar refractivity (Wildman–Crippen MR) is 131 cm³/mol. The maximum Gasteiger partial charge on any atom is 0.471 e. The summed E-state index contributed by atoms with van der Waals surface area (Å²) in [6.07, 6.45) is -8.32. The highest BCUT2D eigenvalue weighted by Crippen LogP contribution is 2.39. The van der Waals surface area contributed by atoms with Gasteiger partial charge in [0.05, 0.1) is 23.3 Å². The van der Waals surface area contributed by atoms with Crippen LogP contribution in [-0.4, -0.2) is 54.3 Å². The first-order valence-corrected chi connectivity index (χ1v) is 12.5. The lowest BCUT2D eigenvalue weighted by Crippen LogP contribution is -2.38. The van der Waals surface area contributed by atoms with Gasteiger partial charge in [0.1, 0.15) is 11.6 Å². The van der Waals surface area contributed by atoms with Crippen molar-refractivity contribution in [2.75, 3.05) is 26.8 Å². The molecule has 0 unspecified atom stereocenters. The third-order valence-corrected chi connectivity index (χ3v) is 7.04. The van der Waals surface area contributed by atoms with Gasteiger partial charge in [0, 0.05) is 44.9 Å². The lowest BCUT2D eigenvalue weighted by Gasteiger charge is -2.32. The molecule has 1 aromatic heterocycles. The van der Waals surface area contributed by atoms with Crippen LogP contribution in [0, 0.1) is 11.6 Å². The maximum atomic E-state index is 14.8. The van der Waals surface area contributed by atoms with Gasteiger partial charge in [-0.1, -0.05) is 12.1 Å². The van der Waals surface area contributed by atoms with Gasteiger partial charge in [0.25, 0.3) is 5.91 Å². The molecule has 4 rings (SSSR count). The Bertz CT molecular complexity index is 1440. The van der Waals surface area contributed by atoms with Crippen LogP contribution in [0.15, 0.2) is 36.5 Å². The summed E-state index contributed by atoms with van der Waals surface area (Å²) in [5.41, 5.74) is -1.42. The van der Waals surface area contributed by atoms with Crippen LogP contribution in [0.25, 0.3) is 10.9 Å². The smallest absolute Gasteiger partial charge is 0.383 e. The lowest BCUT2D eigenvalue weighted by molar-refractivity contribution is -0.173. The fourth-order valence-electron chi connectivity index (χ4n) is 5.03. The number of fused-ring (bicyclic) bond motifs is 1. The number of halogens is 8. The molecule has 1 fully saturated rings. The second-order valence-electron chi connectivity index (χ2n) is 9.65. The molecule has 0 atom stereocenters. The summed E-state index contributed by atoms with van der Waals surface area (Å²) in [6, 6.07) is 4.95. The van der Waals surface area contributed by atoms with Gasteiger partial charge in [-0.15, -0.1) is 0 Å². The van der Waals surface area contributed by atoms with Gasteiger partial charge in [-0.3, -0.25) is 9.59 Å². The summed E-state index contributed by atoms with van der Waals surface area (Å²) in [6.45, 7) is -0.338. The van der Waals surface area contributed by atoms with Crippen molar-refractivity contribution in [1.29, 1.82) is 0 Å². The van der Waals surface area contributed by atoms with Crippen molar-refractivity contribution in [3.63, 3.8) is 0 Å². The number of hydrogen-bond donors (Lipinski definition) is 1. The Morgan fingerprint density at radius 2 is 1.66 bits per heavy atom. The minimum Gasteiger partial charge on any atom is -0.383 e. The number of aromatic nitrogens is 1. The van der Waals surface area contributed by atoms with Crippen molar-refractivity contribution < 1.29 is 49.4 Å². The van der Waals surface area contributed by atoms with Gasteiger partial charge in [0.15, 0.2) is 0 Å². The van der Waals surface area contributed by atoms with Crippen LogP contribution < -0.4 is 5.32 Å².